The van der Waals surface area contributed by atoms with E-state index >= 15 is 0 Å². The molecule has 0 saturated carbocycles. The number of carboxylic acids is 2. The minimum atomic E-state index is -2.82. The quantitative estimate of drug-likeness (QED) is 0.314. The van der Waals surface area contributed by atoms with E-state index in [1.165, 1.54) is 0 Å². The van der Waals surface area contributed by atoms with Crippen molar-refractivity contribution in [2.45, 2.75) is 48.8 Å². The summed E-state index contributed by atoms with van der Waals surface area (Å²) in [5, 5.41) is 19.9. The summed E-state index contributed by atoms with van der Waals surface area (Å²) < 4.78 is 13.8. The van der Waals surface area contributed by atoms with Gasteiger partial charge in [0.25, 0.3) is 0 Å². The summed E-state index contributed by atoms with van der Waals surface area (Å²) in [6.07, 6.45) is 0. The number of hydrogen-bond acceptors (Lipinski definition) is 7. The molecule has 9 nitrogen and oxygen atoms in total. The number of esters is 1. The molecule has 0 saturated heterocycles. The van der Waals surface area contributed by atoms with Crippen molar-refractivity contribution in [3.63, 3.8) is 0 Å². The van der Waals surface area contributed by atoms with Gasteiger partial charge in [0.2, 0.25) is 15.4 Å². The van der Waals surface area contributed by atoms with Crippen LogP contribution in [0.15, 0.2) is 0 Å². The fourth-order valence-corrected chi connectivity index (χ4v) is 1.71. The molecule has 0 bridgehead atoms. The van der Waals surface area contributed by atoms with E-state index < -0.39 is 39.1 Å². The van der Waals surface area contributed by atoms with Gasteiger partial charge in [0.1, 0.15) is 0 Å². The van der Waals surface area contributed by atoms with Crippen LogP contribution >= 0.6 is 34.8 Å². The van der Waals surface area contributed by atoms with Gasteiger partial charge in [-0.1, -0.05) is 34.8 Å². The maximum atomic E-state index is 11.9. The van der Waals surface area contributed by atoms with Crippen LogP contribution in [0.5, 0.6) is 0 Å². The Hall–Kier alpha value is -0.840. The largest absolute Gasteiger partial charge is 0.478 e. The minimum absolute atomic E-state index is 0.725. The maximum absolute atomic E-state index is 11.9. The smallest absolute Gasteiger partial charge is 0.377 e. The summed E-state index contributed by atoms with van der Waals surface area (Å²) in [5.74, 6) is -7.94. The molecule has 3 N–H and O–H groups in total. The molecule has 0 aliphatic carbocycles. The molecule has 0 rings (SSSR count). The van der Waals surface area contributed by atoms with Gasteiger partial charge in [0.15, 0.2) is 0 Å². The first kappa shape index (κ1) is 22.2. The van der Waals surface area contributed by atoms with E-state index in [-0.39, 0.29) is 0 Å². The molecule has 134 valence electrons. The second-order valence-electron chi connectivity index (χ2n) is 4.85. The molecule has 0 radical (unpaired) electrons. The number of rotatable bonds is 8. The summed E-state index contributed by atoms with van der Waals surface area (Å²) in [6, 6.07) is 0. The van der Waals surface area contributed by atoms with Crippen molar-refractivity contribution in [1.82, 2.24) is 0 Å². The van der Waals surface area contributed by atoms with Gasteiger partial charge in [-0.3, -0.25) is 4.74 Å². The van der Waals surface area contributed by atoms with Gasteiger partial charge >= 0.3 is 23.7 Å². The Kier molecular flexibility index (Phi) is 6.70. The lowest BCUT2D eigenvalue weighted by Crippen LogP contribution is -2.53. The minimum Gasteiger partial charge on any atom is -0.478 e. The Morgan fingerprint density at radius 2 is 1.26 bits per heavy atom. The number of ether oxygens (including phenoxy) is 3. The van der Waals surface area contributed by atoms with E-state index in [9.17, 15) is 19.5 Å². The molecular weight excluding hydrogens is 382 g/mol. The first-order valence-electron chi connectivity index (χ1n) is 5.82. The highest BCUT2D eigenvalue weighted by atomic mass is 35.5. The van der Waals surface area contributed by atoms with Crippen LogP contribution in [0.3, 0.4) is 0 Å². The zero-order valence-corrected chi connectivity index (χ0v) is 14.7. The van der Waals surface area contributed by atoms with Gasteiger partial charge < -0.3 is 24.8 Å². The zero-order valence-electron chi connectivity index (χ0n) is 12.4. The van der Waals surface area contributed by atoms with Crippen LogP contribution < -0.4 is 0 Å². The third kappa shape index (κ3) is 6.66. The summed E-state index contributed by atoms with van der Waals surface area (Å²) in [5.41, 5.74) is 0. The van der Waals surface area contributed by atoms with E-state index in [0.717, 1.165) is 27.7 Å². The third-order valence-electron chi connectivity index (χ3n) is 2.19. The highest BCUT2D eigenvalue weighted by Crippen LogP contribution is 2.31. The number of carbonyl (C=O) groups excluding carboxylic acids is 1. The number of alkyl halides is 3. The second kappa shape index (κ2) is 6.96. The van der Waals surface area contributed by atoms with E-state index in [2.05, 4.69) is 14.2 Å². The molecule has 0 heterocycles. The molecule has 4 atom stereocenters. The van der Waals surface area contributed by atoms with Gasteiger partial charge in [-0.2, -0.15) is 0 Å². The van der Waals surface area contributed by atoms with Gasteiger partial charge in [-0.15, -0.1) is 0 Å². The van der Waals surface area contributed by atoms with Crippen LogP contribution in [0, 0.1) is 0 Å². The number of hydrogen-bond donors (Lipinski definition) is 3. The molecule has 0 amide bonds. The van der Waals surface area contributed by atoms with Crippen molar-refractivity contribution in [1.29, 1.82) is 0 Å². The van der Waals surface area contributed by atoms with Crippen molar-refractivity contribution in [3.05, 3.63) is 0 Å². The normalized spacial score (nSPS) is 21.9. The number of carbonyl (C=O) groups is 3. The van der Waals surface area contributed by atoms with Crippen molar-refractivity contribution in [2.24, 2.45) is 0 Å². The first-order chi connectivity index (χ1) is 9.93. The molecule has 12 heteroatoms. The van der Waals surface area contributed by atoms with E-state index in [1.807, 2.05) is 0 Å². The Morgan fingerprint density at radius 3 is 1.57 bits per heavy atom. The van der Waals surface area contributed by atoms with Crippen LogP contribution in [0.2, 0.25) is 0 Å². The lowest BCUT2D eigenvalue weighted by molar-refractivity contribution is -0.263. The molecule has 0 aromatic heterocycles. The van der Waals surface area contributed by atoms with Gasteiger partial charge in [0, 0.05) is 13.8 Å². The van der Waals surface area contributed by atoms with Crippen molar-refractivity contribution < 1.29 is 43.9 Å². The molecule has 0 spiro atoms. The van der Waals surface area contributed by atoms with Gasteiger partial charge in [-0.25, -0.2) is 14.4 Å². The molecule has 0 aliphatic heterocycles. The van der Waals surface area contributed by atoms with Crippen LogP contribution in [-0.2, 0) is 28.6 Å². The summed E-state index contributed by atoms with van der Waals surface area (Å²) >= 11 is 16.5. The number of aliphatic carboxylic acids is 2. The Bertz CT molecular complexity index is 497. The topological polar surface area (TPSA) is 140 Å². The lowest BCUT2D eigenvalue weighted by Gasteiger charge is -2.33. The standard InChI is InChI=1S/C11H15Cl3O9/c1-8(12,5(15)16)22-10(3,6(17)18)21-7(19)9(2,13)23-11(4,14)20/h20H,1-4H3,(H,15,16)(H,17,18). The Morgan fingerprint density at radius 1 is 0.826 bits per heavy atom. The Balaban J connectivity index is 5.41. The van der Waals surface area contributed by atoms with Crippen molar-refractivity contribution in [3.8, 4) is 0 Å². The average Bonchev–Trinajstić information content (AvgIpc) is 2.23. The molecule has 0 fully saturated rings. The summed E-state index contributed by atoms with van der Waals surface area (Å²) in [7, 11) is 0. The van der Waals surface area contributed by atoms with Crippen LogP contribution in [-0.4, -0.2) is 54.4 Å². The first-order valence-corrected chi connectivity index (χ1v) is 6.96. The fourth-order valence-electron chi connectivity index (χ4n) is 1.18. The number of aliphatic hydroxyl groups is 1. The summed E-state index contributed by atoms with van der Waals surface area (Å²) in [4.78, 5) is 34.1. The average molecular weight is 398 g/mol. The monoisotopic (exact) mass is 396 g/mol. The predicted molar refractivity (Wildman–Crippen MR) is 76.9 cm³/mol. The number of halogens is 3. The Labute approximate surface area is 146 Å². The number of carboxylic acid groups (broad SMARTS) is 2. The molecule has 0 aromatic carbocycles. The van der Waals surface area contributed by atoms with Crippen LogP contribution in [0.1, 0.15) is 27.7 Å². The van der Waals surface area contributed by atoms with Gasteiger partial charge in [0.05, 0.1) is 0 Å². The van der Waals surface area contributed by atoms with Crippen LogP contribution in [0.4, 0.5) is 0 Å². The summed E-state index contributed by atoms with van der Waals surface area (Å²) in [6.45, 7) is 3.40. The molecule has 0 aromatic rings. The van der Waals surface area contributed by atoms with Crippen molar-refractivity contribution >= 4 is 52.7 Å². The molecule has 0 aliphatic rings. The lowest BCUT2D eigenvalue weighted by atomic mass is 10.3. The van der Waals surface area contributed by atoms with E-state index in [0.29, 0.717) is 0 Å². The fraction of sp³-hybridized carbons (Fsp3) is 0.727. The van der Waals surface area contributed by atoms with E-state index in [4.69, 9.17) is 45.0 Å². The molecule has 4 unspecified atom stereocenters. The van der Waals surface area contributed by atoms with E-state index in [1.54, 1.807) is 0 Å². The SMILES string of the molecule is CC(O)(Cl)OC(C)(Cl)C(=O)OC(C)(OC(C)(Cl)C(=O)O)C(=O)O. The predicted octanol–water partition coefficient (Wildman–Crippen LogP) is 1.26. The maximum Gasteiger partial charge on any atom is 0.377 e. The zero-order chi connectivity index (χ0) is 18.9. The third-order valence-corrected chi connectivity index (χ3v) is 2.73. The molecular formula is C11H15Cl3O9. The molecule has 23 heavy (non-hydrogen) atoms. The van der Waals surface area contributed by atoms with Crippen molar-refractivity contribution in [2.75, 3.05) is 0 Å². The highest BCUT2D eigenvalue weighted by molar-refractivity contribution is 6.33. The van der Waals surface area contributed by atoms with Gasteiger partial charge in [-0.05, 0) is 13.8 Å². The highest BCUT2D eigenvalue weighted by Gasteiger charge is 2.51. The van der Waals surface area contributed by atoms with Crippen LogP contribution in [0.25, 0.3) is 0 Å². The second-order valence-corrected chi connectivity index (χ2v) is 7.00.